The lowest BCUT2D eigenvalue weighted by Gasteiger charge is -2.27. The molecule has 0 atom stereocenters. The quantitative estimate of drug-likeness (QED) is 0.351. The zero-order chi connectivity index (χ0) is 19.9. The lowest BCUT2D eigenvalue weighted by Crippen LogP contribution is -2.39. The molecule has 3 rings (SSSR count). The molecular weight excluding hydrogens is 495 g/mol. The SMILES string of the molecule is CCNC(=NCCC(=O)N1CCc2sccc2C1)N(C)Cc1ccc(C)cc1.I. The number of aryl methyl sites for hydroxylation is 1. The van der Waals surface area contributed by atoms with E-state index in [1.54, 1.807) is 11.3 Å². The summed E-state index contributed by atoms with van der Waals surface area (Å²) in [4.78, 5) is 22.8. The van der Waals surface area contributed by atoms with Gasteiger partial charge in [0.1, 0.15) is 0 Å². The van der Waals surface area contributed by atoms with E-state index in [0.29, 0.717) is 13.0 Å². The van der Waals surface area contributed by atoms with Crippen LogP contribution >= 0.6 is 35.3 Å². The van der Waals surface area contributed by atoms with Gasteiger partial charge in [-0.2, -0.15) is 0 Å². The summed E-state index contributed by atoms with van der Waals surface area (Å²) in [6, 6.07) is 10.7. The first-order valence-electron chi connectivity index (χ1n) is 9.95. The number of amides is 1. The Bertz CT molecular complexity index is 818. The van der Waals surface area contributed by atoms with Gasteiger partial charge in [-0.05, 0) is 42.8 Å². The van der Waals surface area contributed by atoms with E-state index in [9.17, 15) is 4.79 Å². The number of nitrogens with zero attached hydrogens (tertiary/aromatic N) is 3. The average Bonchev–Trinajstić information content (AvgIpc) is 3.16. The molecule has 0 saturated heterocycles. The van der Waals surface area contributed by atoms with E-state index >= 15 is 0 Å². The Hall–Kier alpha value is -1.61. The molecule has 0 aliphatic carbocycles. The van der Waals surface area contributed by atoms with Crippen molar-refractivity contribution >= 4 is 47.2 Å². The number of guanidine groups is 1. The minimum absolute atomic E-state index is 0. The summed E-state index contributed by atoms with van der Waals surface area (Å²) in [5.74, 6) is 1.03. The van der Waals surface area contributed by atoms with E-state index in [1.165, 1.54) is 21.6 Å². The molecule has 1 amide bonds. The number of benzene rings is 1. The molecule has 1 aliphatic heterocycles. The summed E-state index contributed by atoms with van der Waals surface area (Å²) in [6.45, 7) is 7.82. The first kappa shape index (κ1) is 23.7. The summed E-state index contributed by atoms with van der Waals surface area (Å²) in [7, 11) is 2.03. The molecule has 5 nitrogen and oxygen atoms in total. The van der Waals surface area contributed by atoms with Crippen LogP contribution in [0.5, 0.6) is 0 Å². The van der Waals surface area contributed by atoms with Crippen LogP contribution in [0.3, 0.4) is 0 Å². The summed E-state index contributed by atoms with van der Waals surface area (Å²) in [5.41, 5.74) is 3.81. The first-order chi connectivity index (χ1) is 13.6. The molecule has 1 aliphatic rings. The Balaban J connectivity index is 0.00000300. The van der Waals surface area contributed by atoms with E-state index in [2.05, 4.69) is 64.8 Å². The number of halogens is 1. The molecule has 7 heteroatoms. The molecule has 0 fully saturated rings. The first-order valence-corrected chi connectivity index (χ1v) is 10.8. The van der Waals surface area contributed by atoms with Gasteiger partial charge in [0.2, 0.25) is 5.91 Å². The van der Waals surface area contributed by atoms with Crippen molar-refractivity contribution in [3.05, 3.63) is 57.3 Å². The number of aliphatic imine (C=N–C) groups is 1. The molecule has 1 aromatic heterocycles. The third kappa shape index (κ3) is 6.70. The summed E-state index contributed by atoms with van der Waals surface area (Å²) in [5, 5.41) is 5.45. The van der Waals surface area contributed by atoms with Crippen molar-refractivity contribution in [3.8, 4) is 0 Å². The van der Waals surface area contributed by atoms with Gasteiger partial charge in [-0.15, -0.1) is 35.3 Å². The van der Waals surface area contributed by atoms with Gasteiger partial charge < -0.3 is 15.1 Å². The van der Waals surface area contributed by atoms with Crippen molar-refractivity contribution in [2.75, 3.05) is 26.7 Å². The molecule has 0 bridgehead atoms. The van der Waals surface area contributed by atoms with Crippen molar-refractivity contribution in [1.29, 1.82) is 0 Å². The standard InChI is InChI=1S/C22H30N4OS.HI/c1-4-23-22(25(3)15-18-7-5-17(2)6-8-18)24-12-9-21(27)26-13-10-20-19(16-26)11-14-28-20;/h5-8,11,14H,4,9-10,12-13,15-16H2,1-3H3,(H,23,24);1H. The predicted molar refractivity (Wildman–Crippen MR) is 132 cm³/mol. The van der Waals surface area contributed by atoms with Crippen molar-refractivity contribution < 1.29 is 4.79 Å². The van der Waals surface area contributed by atoms with Gasteiger partial charge in [0.15, 0.2) is 5.96 Å². The monoisotopic (exact) mass is 526 g/mol. The fraction of sp³-hybridized carbons (Fsp3) is 0.455. The molecule has 0 spiro atoms. The molecule has 1 aromatic carbocycles. The number of carbonyl (C=O) groups is 1. The van der Waals surface area contributed by atoms with Crippen LogP contribution < -0.4 is 5.32 Å². The smallest absolute Gasteiger partial charge is 0.224 e. The molecule has 0 unspecified atom stereocenters. The minimum atomic E-state index is 0. The minimum Gasteiger partial charge on any atom is -0.357 e. The Labute approximate surface area is 195 Å². The number of hydrogen-bond donors (Lipinski definition) is 1. The van der Waals surface area contributed by atoms with Gasteiger partial charge >= 0.3 is 0 Å². The Kier molecular flexibility index (Phi) is 9.42. The summed E-state index contributed by atoms with van der Waals surface area (Å²) in [6.07, 6.45) is 1.43. The maximum absolute atomic E-state index is 12.6. The number of thiophene rings is 1. The van der Waals surface area contributed by atoms with Gasteiger partial charge in [-0.3, -0.25) is 9.79 Å². The van der Waals surface area contributed by atoms with E-state index in [1.807, 2.05) is 11.9 Å². The van der Waals surface area contributed by atoms with Crippen molar-refractivity contribution in [1.82, 2.24) is 15.1 Å². The molecule has 0 radical (unpaired) electrons. The Morgan fingerprint density at radius 2 is 2.03 bits per heavy atom. The third-order valence-electron chi connectivity index (χ3n) is 4.98. The Morgan fingerprint density at radius 3 is 2.76 bits per heavy atom. The van der Waals surface area contributed by atoms with Gasteiger partial charge in [0.25, 0.3) is 0 Å². The van der Waals surface area contributed by atoms with Crippen LogP contribution in [0, 0.1) is 6.92 Å². The molecule has 2 aromatic rings. The number of hydrogen-bond acceptors (Lipinski definition) is 3. The highest BCUT2D eigenvalue weighted by atomic mass is 127. The zero-order valence-electron chi connectivity index (χ0n) is 17.5. The van der Waals surface area contributed by atoms with E-state index < -0.39 is 0 Å². The zero-order valence-corrected chi connectivity index (χ0v) is 20.6. The maximum atomic E-state index is 12.6. The van der Waals surface area contributed by atoms with Gasteiger partial charge in [-0.25, -0.2) is 0 Å². The molecule has 158 valence electrons. The largest absolute Gasteiger partial charge is 0.357 e. The third-order valence-corrected chi connectivity index (χ3v) is 6.01. The number of nitrogens with one attached hydrogen (secondary N) is 1. The second-order valence-electron chi connectivity index (χ2n) is 7.26. The fourth-order valence-corrected chi connectivity index (χ4v) is 4.28. The molecule has 0 saturated carbocycles. The number of fused-ring (bicyclic) bond motifs is 1. The van der Waals surface area contributed by atoms with Crippen LogP contribution in [-0.2, 0) is 24.3 Å². The predicted octanol–water partition coefficient (Wildman–Crippen LogP) is 4.05. The molecule has 29 heavy (non-hydrogen) atoms. The van der Waals surface area contributed by atoms with E-state index in [4.69, 9.17) is 0 Å². The Morgan fingerprint density at radius 1 is 1.28 bits per heavy atom. The van der Waals surface area contributed by atoms with Crippen LogP contribution in [0.15, 0.2) is 40.7 Å². The van der Waals surface area contributed by atoms with Crippen LogP contribution in [0.4, 0.5) is 0 Å². The maximum Gasteiger partial charge on any atom is 0.224 e. The topological polar surface area (TPSA) is 47.9 Å². The highest BCUT2D eigenvalue weighted by Crippen LogP contribution is 2.24. The fourth-order valence-electron chi connectivity index (χ4n) is 3.39. The normalized spacial score (nSPS) is 13.5. The van der Waals surface area contributed by atoms with Crippen molar-refractivity contribution in [2.24, 2.45) is 4.99 Å². The van der Waals surface area contributed by atoms with Gasteiger partial charge in [0, 0.05) is 44.5 Å². The number of rotatable bonds is 6. The second kappa shape index (κ2) is 11.5. The lowest BCUT2D eigenvalue weighted by atomic mass is 10.1. The molecule has 1 N–H and O–H groups in total. The van der Waals surface area contributed by atoms with E-state index in [-0.39, 0.29) is 29.9 Å². The summed E-state index contributed by atoms with van der Waals surface area (Å²) >= 11 is 1.80. The van der Waals surface area contributed by atoms with Gasteiger partial charge in [0.05, 0.1) is 6.54 Å². The van der Waals surface area contributed by atoms with Crippen LogP contribution in [0.1, 0.15) is 34.9 Å². The van der Waals surface area contributed by atoms with Crippen molar-refractivity contribution in [2.45, 2.75) is 39.8 Å². The highest BCUT2D eigenvalue weighted by molar-refractivity contribution is 14.0. The van der Waals surface area contributed by atoms with Crippen LogP contribution in [0.25, 0.3) is 0 Å². The van der Waals surface area contributed by atoms with Crippen molar-refractivity contribution in [3.63, 3.8) is 0 Å². The molecule has 2 heterocycles. The second-order valence-corrected chi connectivity index (χ2v) is 8.26. The van der Waals surface area contributed by atoms with Crippen LogP contribution in [-0.4, -0.2) is 48.3 Å². The summed E-state index contributed by atoms with van der Waals surface area (Å²) < 4.78 is 0. The molecular formula is C22H31IN4OS. The van der Waals surface area contributed by atoms with Gasteiger partial charge in [-0.1, -0.05) is 29.8 Å². The highest BCUT2D eigenvalue weighted by Gasteiger charge is 2.21. The number of carbonyl (C=O) groups excluding carboxylic acids is 1. The van der Waals surface area contributed by atoms with E-state index in [0.717, 1.165) is 38.6 Å². The lowest BCUT2D eigenvalue weighted by molar-refractivity contribution is -0.131. The average molecular weight is 526 g/mol. The van der Waals surface area contributed by atoms with Crippen LogP contribution in [0.2, 0.25) is 0 Å².